The summed E-state index contributed by atoms with van der Waals surface area (Å²) in [4.78, 5) is 16.1. The Bertz CT molecular complexity index is 1230. The Kier molecular flexibility index (Phi) is 6.77. The van der Waals surface area contributed by atoms with Crippen molar-refractivity contribution in [2.45, 2.75) is 46.3 Å². The Morgan fingerprint density at radius 3 is 1.82 bits per heavy atom. The maximum absolute atomic E-state index is 6.15. The van der Waals surface area contributed by atoms with Crippen LogP contribution in [0, 0.1) is 0 Å². The third-order valence-electron chi connectivity index (χ3n) is 5.51. The maximum atomic E-state index is 6.15. The quantitative estimate of drug-likeness (QED) is 0.407. The summed E-state index contributed by atoms with van der Waals surface area (Å²) in [5.74, 6) is 2.02. The first-order valence-electron chi connectivity index (χ1n) is 11.6. The third-order valence-corrected chi connectivity index (χ3v) is 5.51. The van der Waals surface area contributed by atoms with Gasteiger partial charge in [-0.25, -0.2) is 4.99 Å². The van der Waals surface area contributed by atoms with Gasteiger partial charge in [0.1, 0.15) is 17.5 Å². The van der Waals surface area contributed by atoms with Gasteiger partial charge in [-0.1, -0.05) is 24.3 Å². The van der Waals surface area contributed by atoms with Crippen molar-refractivity contribution >= 4 is 28.9 Å². The second-order valence-electron chi connectivity index (χ2n) is 8.99. The standard InChI is InChI=1S/C28H32N6/c1-18(2)31-26(29)20-9-13-23(14-10-20)33-28-25-8-6-5-7-22(25)17-34(28)24-15-11-21(12-16-24)27(30)32-19(3)4/h5-16,18-19H,17H2,1-4H3,(H2,29,31)(H2,30,32). The lowest BCUT2D eigenvalue weighted by molar-refractivity contribution is 0.834. The molecule has 1 aliphatic heterocycles. The number of benzene rings is 3. The highest BCUT2D eigenvalue weighted by atomic mass is 15.2. The van der Waals surface area contributed by atoms with Crippen LogP contribution in [0.4, 0.5) is 11.4 Å². The molecule has 4 N–H and O–H groups in total. The molecule has 3 aromatic rings. The number of aliphatic imine (C=N–C) groups is 3. The number of hydrogen-bond donors (Lipinski definition) is 2. The van der Waals surface area contributed by atoms with Gasteiger partial charge < -0.3 is 16.4 Å². The molecule has 0 fully saturated rings. The molecule has 0 unspecified atom stereocenters. The number of fused-ring (bicyclic) bond motifs is 1. The van der Waals surface area contributed by atoms with Crippen LogP contribution in [0.25, 0.3) is 0 Å². The predicted molar refractivity (Wildman–Crippen MR) is 143 cm³/mol. The smallest absolute Gasteiger partial charge is 0.141 e. The van der Waals surface area contributed by atoms with E-state index in [0.717, 1.165) is 40.4 Å². The van der Waals surface area contributed by atoms with Crippen LogP contribution in [0.15, 0.2) is 87.8 Å². The van der Waals surface area contributed by atoms with Crippen LogP contribution in [-0.2, 0) is 6.54 Å². The zero-order chi connectivity index (χ0) is 24.2. The Labute approximate surface area is 201 Å². The van der Waals surface area contributed by atoms with Crippen molar-refractivity contribution in [3.63, 3.8) is 0 Å². The van der Waals surface area contributed by atoms with Gasteiger partial charge in [-0.2, -0.15) is 0 Å². The molecule has 1 heterocycles. The average molecular weight is 453 g/mol. The van der Waals surface area contributed by atoms with Gasteiger partial charge in [-0.15, -0.1) is 0 Å². The minimum atomic E-state index is 0.154. The number of rotatable bonds is 6. The lowest BCUT2D eigenvalue weighted by Crippen LogP contribution is -2.24. The largest absolute Gasteiger partial charge is 0.383 e. The van der Waals surface area contributed by atoms with Gasteiger partial charge in [-0.05, 0) is 81.8 Å². The first-order chi connectivity index (χ1) is 16.3. The lowest BCUT2D eigenvalue weighted by Gasteiger charge is -2.20. The predicted octanol–water partition coefficient (Wildman–Crippen LogP) is 5.01. The van der Waals surface area contributed by atoms with Gasteiger partial charge in [0.2, 0.25) is 0 Å². The number of amidine groups is 3. The highest BCUT2D eigenvalue weighted by Crippen LogP contribution is 2.31. The first-order valence-corrected chi connectivity index (χ1v) is 11.6. The van der Waals surface area contributed by atoms with E-state index in [2.05, 4.69) is 51.3 Å². The molecule has 4 rings (SSSR count). The van der Waals surface area contributed by atoms with Gasteiger partial charge in [0.05, 0.1) is 12.2 Å². The zero-order valence-electron chi connectivity index (χ0n) is 20.2. The molecule has 0 aliphatic carbocycles. The third kappa shape index (κ3) is 5.17. The maximum Gasteiger partial charge on any atom is 0.141 e. The van der Waals surface area contributed by atoms with Gasteiger partial charge in [0.25, 0.3) is 0 Å². The van der Waals surface area contributed by atoms with Crippen molar-refractivity contribution in [1.82, 2.24) is 0 Å². The van der Waals surface area contributed by atoms with E-state index in [1.165, 1.54) is 5.56 Å². The van der Waals surface area contributed by atoms with E-state index < -0.39 is 0 Å². The monoisotopic (exact) mass is 452 g/mol. The van der Waals surface area contributed by atoms with Crippen molar-refractivity contribution < 1.29 is 0 Å². The fraction of sp³-hybridized carbons (Fsp3) is 0.250. The Balaban J connectivity index is 1.67. The van der Waals surface area contributed by atoms with Gasteiger partial charge in [-0.3, -0.25) is 9.98 Å². The summed E-state index contributed by atoms with van der Waals surface area (Å²) < 4.78 is 0. The molecule has 0 atom stereocenters. The van der Waals surface area contributed by atoms with Crippen LogP contribution < -0.4 is 16.4 Å². The van der Waals surface area contributed by atoms with E-state index >= 15 is 0 Å². The molecule has 6 heteroatoms. The van der Waals surface area contributed by atoms with Gasteiger partial charge in [0, 0.05) is 34.5 Å². The summed E-state index contributed by atoms with van der Waals surface area (Å²) in [5.41, 5.74) is 18.4. The molecular weight excluding hydrogens is 420 g/mol. The molecule has 34 heavy (non-hydrogen) atoms. The molecule has 0 bridgehead atoms. The molecular formula is C28H32N6. The number of nitrogens with two attached hydrogens (primary N) is 2. The van der Waals surface area contributed by atoms with Crippen molar-refractivity contribution in [3.8, 4) is 0 Å². The van der Waals surface area contributed by atoms with E-state index in [-0.39, 0.29) is 12.1 Å². The fourth-order valence-electron chi connectivity index (χ4n) is 3.95. The minimum absolute atomic E-state index is 0.154. The van der Waals surface area contributed by atoms with E-state index in [1.807, 2.05) is 64.1 Å². The zero-order valence-corrected chi connectivity index (χ0v) is 20.2. The summed E-state index contributed by atoms with van der Waals surface area (Å²) >= 11 is 0. The summed E-state index contributed by atoms with van der Waals surface area (Å²) in [5, 5.41) is 0. The number of anilines is 1. The van der Waals surface area contributed by atoms with E-state index in [9.17, 15) is 0 Å². The molecule has 0 saturated carbocycles. The van der Waals surface area contributed by atoms with Gasteiger partial charge in [0.15, 0.2) is 0 Å². The van der Waals surface area contributed by atoms with Crippen molar-refractivity contribution in [1.29, 1.82) is 0 Å². The molecule has 1 aliphatic rings. The van der Waals surface area contributed by atoms with Crippen LogP contribution in [0.1, 0.15) is 49.9 Å². The Morgan fingerprint density at radius 1 is 0.735 bits per heavy atom. The second kappa shape index (κ2) is 9.91. The molecule has 0 aromatic heterocycles. The summed E-state index contributed by atoms with van der Waals surface area (Å²) in [6.07, 6.45) is 0. The second-order valence-corrected chi connectivity index (χ2v) is 8.99. The molecule has 0 radical (unpaired) electrons. The van der Waals surface area contributed by atoms with Crippen LogP contribution in [-0.4, -0.2) is 29.6 Å². The van der Waals surface area contributed by atoms with Crippen LogP contribution in [0.5, 0.6) is 0 Å². The van der Waals surface area contributed by atoms with Gasteiger partial charge >= 0.3 is 0 Å². The Hall–Kier alpha value is -3.93. The van der Waals surface area contributed by atoms with Crippen molar-refractivity contribution in [2.24, 2.45) is 26.4 Å². The topological polar surface area (TPSA) is 92.4 Å². The van der Waals surface area contributed by atoms with E-state index in [0.29, 0.717) is 11.7 Å². The van der Waals surface area contributed by atoms with E-state index in [1.54, 1.807) is 0 Å². The molecule has 0 amide bonds. The SMILES string of the molecule is CC(C)N=C(N)c1ccc(N=C2c3ccccc3CN2c2ccc(C(N)=NC(C)C)cc2)cc1. The van der Waals surface area contributed by atoms with E-state index in [4.69, 9.17) is 16.5 Å². The summed E-state index contributed by atoms with van der Waals surface area (Å²) in [6.45, 7) is 8.82. The number of nitrogens with zero attached hydrogens (tertiary/aromatic N) is 4. The Morgan fingerprint density at radius 2 is 1.26 bits per heavy atom. The van der Waals surface area contributed by atoms with Crippen LogP contribution >= 0.6 is 0 Å². The lowest BCUT2D eigenvalue weighted by atomic mass is 10.1. The van der Waals surface area contributed by atoms with Crippen molar-refractivity contribution in [3.05, 3.63) is 95.1 Å². The fourth-order valence-corrected chi connectivity index (χ4v) is 3.95. The normalized spacial score (nSPS) is 15.5. The molecule has 0 saturated heterocycles. The molecule has 6 nitrogen and oxygen atoms in total. The summed E-state index contributed by atoms with van der Waals surface area (Å²) in [6, 6.07) is 24.8. The number of hydrogen-bond acceptors (Lipinski definition) is 3. The molecule has 3 aromatic carbocycles. The molecule has 174 valence electrons. The molecule has 0 spiro atoms. The van der Waals surface area contributed by atoms with Crippen LogP contribution in [0.3, 0.4) is 0 Å². The minimum Gasteiger partial charge on any atom is -0.383 e. The average Bonchev–Trinajstić information content (AvgIpc) is 3.17. The summed E-state index contributed by atoms with van der Waals surface area (Å²) in [7, 11) is 0. The van der Waals surface area contributed by atoms with Crippen molar-refractivity contribution in [2.75, 3.05) is 4.90 Å². The van der Waals surface area contributed by atoms with Crippen LogP contribution in [0.2, 0.25) is 0 Å². The highest BCUT2D eigenvalue weighted by Gasteiger charge is 2.26. The first kappa shape index (κ1) is 23.2. The highest BCUT2D eigenvalue weighted by molar-refractivity contribution is 6.14.